The van der Waals surface area contributed by atoms with Crippen molar-refractivity contribution >= 4 is 5.91 Å². The van der Waals surface area contributed by atoms with Gasteiger partial charge < -0.3 is 15.5 Å². The topological polar surface area (TPSA) is 81.2 Å². The number of carbonyl (C=O) groups is 1. The van der Waals surface area contributed by atoms with Gasteiger partial charge in [-0.3, -0.25) is 4.79 Å². The minimum Gasteiger partial charge on any atom is -0.444 e. The van der Waals surface area contributed by atoms with E-state index in [0.717, 1.165) is 18.6 Å². The summed E-state index contributed by atoms with van der Waals surface area (Å²) in [5, 5.41) is 2.93. The first-order chi connectivity index (χ1) is 8.49. The number of oxazole rings is 1. The van der Waals surface area contributed by atoms with Crippen LogP contribution in [0.1, 0.15) is 51.3 Å². The molecule has 1 atom stereocenters. The molecule has 1 aromatic heterocycles. The van der Waals surface area contributed by atoms with Gasteiger partial charge in [-0.05, 0) is 26.7 Å². The molecular weight excluding hydrogens is 230 g/mol. The van der Waals surface area contributed by atoms with E-state index in [1.165, 1.54) is 0 Å². The highest BCUT2D eigenvalue weighted by Gasteiger charge is 2.34. The van der Waals surface area contributed by atoms with Crippen molar-refractivity contribution in [1.82, 2.24) is 10.3 Å². The maximum Gasteiger partial charge on any atom is 0.228 e. The van der Waals surface area contributed by atoms with Gasteiger partial charge in [-0.2, -0.15) is 0 Å². The van der Waals surface area contributed by atoms with Gasteiger partial charge >= 0.3 is 0 Å². The monoisotopic (exact) mass is 253 g/mol. The summed E-state index contributed by atoms with van der Waals surface area (Å²) in [6, 6.07) is -0.241. The predicted octanol–water partition coefficient (Wildman–Crippen LogP) is 1.93. The Morgan fingerprint density at radius 1 is 1.56 bits per heavy atom. The molecule has 0 bridgehead atoms. The maximum atomic E-state index is 12.3. The molecule has 0 radical (unpaired) electrons. The first kappa shape index (κ1) is 14.7. The number of carbonyl (C=O) groups excluding carboxylic acids is 1. The Labute approximate surface area is 108 Å². The second kappa shape index (κ2) is 6.00. The number of nitrogens with one attached hydrogen (secondary N) is 1. The summed E-state index contributed by atoms with van der Waals surface area (Å²) < 4.78 is 5.40. The molecule has 1 aromatic rings. The number of hydrogen-bond acceptors (Lipinski definition) is 4. The Morgan fingerprint density at radius 3 is 2.56 bits per heavy atom. The average molecular weight is 253 g/mol. The van der Waals surface area contributed by atoms with Gasteiger partial charge in [0.1, 0.15) is 11.8 Å². The van der Waals surface area contributed by atoms with Gasteiger partial charge in [-0.1, -0.05) is 13.8 Å². The minimum atomic E-state index is -0.490. The van der Waals surface area contributed by atoms with E-state index >= 15 is 0 Å². The molecule has 0 aliphatic heterocycles. The third-order valence-corrected chi connectivity index (χ3v) is 3.58. The van der Waals surface area contributed by atoms with Crippen LogP contribution < -0.4 is 11.1 Å². The lowest BCUT2D eigenvalue weighted by Gasteiger charge is -2.29. The predicted molar refractivity (Wildman–Crippen MR) is 69.9 cm³/mol. The number of nitrogens with zero attached hydrogens (tertiary/aromatic N) is 1. The second-order valence-electron chi connectivity index (χ2n) is 4.70. The molecule has 0 fully saturated rings. The summed E-state index contributed by atoms with van der Waals surface area (Å²) in [6.45, 7) is 8.00. The van der Waals surface area contributed by atoms with Gasteiger partial charge in [-0.15, -0.1) is 0 Å². The highest BCUT2D eigenvalue weighted by atomic mass is 16.4. The van der Waals surface area contributed by atoms with Crippen molar-refractivity contribution in [2.75, 3.05) is 6.54 Å². The summed E-state index contributed by atoms with van der Waals surface area (Å²) in [5.74, 6) is 1.24. The molecule has 3 N–H and O–H groups in total. The zero-order valence-corrected chi connectivity index (χ0v) is 11.6. The van der Waals surface area contributed by atoms with Crippen LogP contribution in [0.2, 0.25) is 0 Å². The zero-order valence-electron chi connectivity index (χ0n) is 11.6. The molecule has 1 rings (SSSR count). The highest BCUT2D eigenvalue weighted by molar-refractivity contribution is 5.83. The molecule has 18 heavy (non-hydrogen) atoms. The Balaban J connectivity index is 2.75. The first-order valence-corrected chi connectivity index (χ1v) is 6.42. The average Bonchev–Trinajstić information content (AvgIpc) is 2.79. The van der Waals surface area contributed by atoms with Gasteiger partial charge in [0.15, 0.2) is 0 Å². The molecule has 0 aromatic carbocycles. The number of nitrogens with two attached hydrogens (primary N) is 1. The van der Waals surface area contributed by atoms with Gasteiger partial charge in [0.25, 0.3) is 0 Å². The van der Waals surface area contributed by atoms with Crippen LogP contribution in [-0.2, 0) is 4.79 Å². The van der Waals surface area contributed by atoms with E-state index in [1.807, 2.05) is 27.7 Å². The van der Waals surface area contributed by atoms with Crippen LogP contribution >= 0.6 is 0 Å². The lowest BCUT2D eigenvalue weighted by atomic mass is 9.81. The van der Waals surface area contributed by atoms with Crippen LogP contribution in [0.15, 0.2) is 10.6 Å². The van der Waals surface area contributed by atoms with Crippen LogP contribution in [0.3, 0.4) is 0 Å². The molecule has 5 heteroatoms. The summed E-state index contributed by atoms with van der Waals surface area (Å²) in [4.78, 5) is 16.4. The Hall–Kier alpha value is -1.36. The lowest BCUT2D eigenvalue weighted by molar-refractivity contribution is -0.131. The Kier molecular flexibility index (Phi) is 4.90. The third kappa shape index (κ3) is 2.90. The van der Waals surface area contributed by atoms with Crippen molar-refractivity contribution in [1.29, 1.82) is 0 Å². The SMILES string of the molecule is CCC(CC)(CN)C(=O)NC(C)c1ncc(C)o1. The standard InChI is InChI=1S/C13H23N3O2/c1-5-13(6-2,8-14)12(17)16-10(4)11-15-7-9(3)18-11/h7,10H,5-6,8,14H2,1-4H3,(H,16,17). The Morgan fingerprint density at radius 2 is 2.17 bits per heavy atom. The van der Waals surface area contributed by atoms with Crippen molar-refractivity contribution in [3.8, 4) is 0 Å². The van der Waals surface area contributed by atoms with Crippen LogP contribution in [0.25, 0.3) is 0 Å². The second-order valence-corrected chi connectivity index (χ2v) is 4.70. The molecule has 0 saturated heterocycles. The molecule has 1 amide bonds. The zero-order chi connectivity index (χ0) is 13.8. The van der Waals surface area contributed by atoms with Crippen LogP contribution in [0.5, 0.6) is 0 Å². The smallest absolute Gasteiger partial charge is 0.228 e. The van der Waals surface area contributed by atoms with Gasteiger partial charge in [0, 0.05) is 6.54 Å². The highest BCUT2D eigenvalue weighted by Crippen LogP contribution is 2.26. The van der Waals surface area contributed by atoms with Gasteiger partial charge in [0.2, 0.25) is 11.8 Å². The van der Waals surface area contributed by atoms with E-state index in [9.17, 15) is 4.79 Å². The first-order valence-electron chi connectivity index (χ1n) is 6.42. The van der Waals surface area contributed by atoms with E-state index in [1.54, 1.807) is 6.20 Å². The van der Waals surface area contributed by atoms with E-state index in [-0.39, 0.29) is 11.9 Å². The Bertz CT molecular complexity index is 388. The third-order valence-electron chi connectivity index (χ3n) is 3.58. The van der Waals surface area contributed by atoms with E-state index in [2.05, 4.69) is 10.3 Å². The van der Waals surface area contributed by atoms with Crippen molar-refractivity contribution in [2.45, 2.75) is 46.6 Å². The van der Waals surface area contributed by atoms with Crippen molar-refractivity contribution in [2.24, 2.45) is 11.1 Å². The summed E-state index contributed by atoms with van der Waals surface area (Å²) >= 11 is 0. The fraction of sp³-hybridized carbons (Fsp3) is 0.692. The number of amides is 1. The molecule has 0 aliphatic carbocycles. The number of aryl methyl sites for hydroxylation is 1. The van der Waals surface area contributed by atoms with Gasteiger partial charge in [0.05, 0.1) is 11.6 Å². The molecule has 0 aliphatic rings. The molecular formula is C13H23N3O2. The van der Waals surface area contributed by atoms with Crippen LogP contribution in [-0.4, -0.2) is 17.4 Å². The van der Waals surface area contributed by atoms with E-state index < -0.39 is 5.41 Å². The molecule has 1 unspecified atom stereocenters. The van der Waals surface area contributed by atoms with Crippen molar-refractivity contribution < 1.29 is 9.21 Å². The lowest BCUT2D eigenvalue weighted by Crippen LogP contribution is -2.46. The van der Waals surface area contributed by atoms with E-state index in [4.69, 9.17) is 10.2 Å². The van der Waals surface area contributed by atoms with Crippen LogP contribution in [0, 0.1) is 12.3 Å². The quantitative estimate of drug-likeness (QED) is 0.811. The summed E-state index contributed by atoms with van der Waals surface area (Å²) in [6.07, 6.45) is 3.10. The number of hydrogen-bond donors (Lipinski definition) is 2. The minimum absolute atomic E-state index is 0.0293. The summed E-state index contributed by atoms with van der Waals surface area (Å²) in [7, 11) is 0. The molecule has 102 valence electrons. The normalized spacial score (nSPS) is 13.4. The fourth-order valence-corrected chi connectivity index (χ4v) is 1.94. The summed E-state index contributed by atoms with van der Waals surface area (Å²) in [5.41, 5.74) is 5.26. The van der Waals surface area contributed by atoms with Crippen molar-refractivity contribution in [3.63, 3.8) is 0 Å². The van der Waals surface area contributed by atoms with Crippen molar-refractivity contribution in [3.05, 3.63) is 17.8 Å². The largest absolute Gasteiger partial charge is 0.444 e. The number of aromatic nitrogens is 1. The molecule has 5 nitrogen and oxygen atoms in total. The number of rotatable bonds is 6. The van der Waals surface area contributed by atoms with Gasteiger partial charge in [-0.25, -0.2) is 4.98 Å². The molecule has 0 saturated carbocycles. The fourth-order valence-electron chi connectivity index (χ4n) is 1.94. The van der Waals surface area contributed by atoms with Crippen LogP contribution in [0.4, 0.5) is 0 Å². The maximum absolute atomic E-state index is 12.3. The van der Waals surface area contributed by atoms with E-state index in [0.29, 0.717) is 12.4 Å². The molecule has 1 heterocycles. The molecule has 0 spiro atoms.